The highest BCUT2D eigenvalue weighted by molar-refractivity contribution is 5.81. The van der Waals surface area contributed by atoms with Crippen LogP contribution < -0.4 is 0 Å². The van der Waals surface area contributed by atoms with Crippen LogP contribution in [0.5, 0.6) is 0 Å². The van der Waals surface area contributed by atoms with Crippen LogP contribution in [0.1, 0.15) is 44.9 Å². The van der Waals surface area contributed by atoms with Crippen LogP contribution in [0.25, 0.3) is 0 Å². The first-order chi connectivity index (χ1) is 9.64. The van der Waals surface area contributed by atoms with Crippen LogP contribution in [0.3, 0.4) is 0 Å². The topological polar surface area (TPSA) is 44.8 Å². The minimum absolute atomic E-state index is 0.245. The number of esters is 1. The van der Waals surface area contributed by atoms with Gasteiger partial charge in [-0.2, -0.15) is 0 Å². The van der Waals surface area contributed by atoms with Crippen LogP contribution in [0, 0.1) is 5.92 Å². The van der Waals surface area contributed by atoms with Crippen LogP contribution in [0.4, 0.5) is 0 Å². The Hall–Kier alpha value is -0.870. The Kier molecular flexibility index (Phi) is 3.63. The molecule has 1 aliphatic carbocycles. The van der Waals surface area contributed by atoms with E-state index in [1.807, 2.05) is 0 Å². The van der Waals surface area contributed by atoms with Crippen molar-refractivity contribution in [1.82, 2.24) is 0 Å². The third kappa shape index (κ3) is 2.09. The summed E-state index contributed by atoms with van der Waals surface area (Å²) in [4.78, 5) is 11.8. The van der Waals surface area contributed by atoms with Gasteiger partial charge in [0.15, 0.2) is 0 Å². The number of fused-ring (bicyclic) bond motifs is 2. The fraction of sp³-hybridized carbons (Fsp3) is 0.812. The van der Waals surface area contributed by atoms with E-state index in [0.29, 0.717) is 12.7 Å². The second-order valence-electron chi connectivity index (χ2n) is 6.46. The Morgan fingerprint density at radius 1 is 1.40 bits per heavy atom. The van der Waals surface area contributed by atoms with E-state index in [9.17, 15) is 4.79 Å². The van der Waals surface area contributed by atoms with Gasteiger partial charge in [0.25, 0.3) is 0 Å². The Balaban J connectivity index is 1.87. The van der Waals surface area contributed by atoms with Crippen LogP contribution >= 0.6 is 0 Å². The molecule has 0 amide bonds. The highest BCUT2D eigenvalue weighted by Gasteiger charge is 2.62. The minimum atomic E-state index is -0.362. The number of carbonyl (C=O) groups excluding carboxylic acids is 1. The fourth-order valence-electron chi connectivity index (χ4n) is 4.64. The summed E-state index contributed by atoms with van der Waals surface area (Å²) in [5.74, 6) is -0.0395. The van der Waals surface area contributed by atoms with Crippen LogP contribution in [0.2, 0.25) is 0 Å². The number of carbonyl (C=O) groups is 1. The van der Waals surface area contributed by atoms with E-state index < -0.39 is 0 Å². The van der Waals surface area contributed by atoms with Crippen molar-refractivity contribution in [3.8, 4) is 0 Å². The molecule has 20 heavy (non-hydrogen) atoms. The predicted octanol–water partition coefficient (Wildman–Crippen LogP) is 2.61. The number of hydrogen-bond acceptors (Lipinski definition) is 4. The molecule has 0 radical (unpaired) electrons. The average molecular weight is 280 g/mol. The summed E-state index contributed by atoms with van der Waals surface area (Å²) in [6.07, 6.45) is 8.83. The zero-order chi connectivity index (χ0) is 14.2. The van der Waals surface area contributed by atoms with Crippen molar-refractivity contribution in [1.29, 1.82) is 0 Å². The lowest BCUT2D eigenvalue weighted by Gasteiger charge is -2.43. The average Bonchev–Trinajstić information content (AvgIpc) is 3.13. The maximum atomic E-state index is 11.8. The summed E-state index contributed by atoms with van der Waals surface area (Å²) >= 11 is 0. The molecule has 0 spiro atoms. The molecule has 2 aliphatic heterocycles. The number of methoxy groups -OCH3 is 1. The number of ether oxygens (including phenoxy) is 3. The van der Waals surface area contributed by atoms with Gasteiger partial charge in [0, 0.05) is 19.1 Å². The molecule has 1 saturated carbocycles. The normalized spacial score (nSPS) is 38.0. The zero-order valence-electron chi connectivity index (χ0n) is 12.2. The Morgan fingerprint density at radius 2 is 2.15 bits per heavy atom. The quantitative estimate of drug-likeness (QED) is 0.573. The molecule has 4 nitrogen and oxygen atoms in total. The van der Waals surface area contributed by atoms with Crippen molar-refractivity contribution in [3.05, 3.63) is 12.7 Å². The molecular formula is C16H24O4. The molecule has 0 aromatic heterocycles. The van der Waals surface area contributed by atoms with E-state index in [2.05, 4.69) is 6.58 Å². The molecule has 3 aliphatic rings. The first-order valence-electron chi connectivity index (χ1n) is 7.66. The maximum absolute atomic E-state index is 11.8. The Morgan fingerprint density at radius 3 is 2.75 bits per heavy atom. The van der Waals surface area contributed by atoms with Gasteiger partial charge in [-0.25, -0.2) is 4.79 Å². The summed E-state index contributed by atoms with van der Waals surface area (Å²) in [5.41, 5.74) is -0.607. The van der Waals surface area contributed by atoms with E-state index in [-0.39, 0.29) is 23.1 Å². The van der Waals surface area contributed by atoms with Gasteiger partial charge in [0.2, 0.25) is 0 Å². The van der Waals surface area contributed by atoms with Gasteiger partial charge in [-0.3, -0.25) is 0 Å². The highest BCUT2D eigenvalue weighted by Crippen LogP contribution is 2.56. The first-order valence-corrected chi connectivity index (χ1v) is 7.66. The first kappa shape index (κ1) is 14.1. The summed E-state index contributed by atoms with van der Waals surface area (Å²) < 4.78 is 17.5. The molecule has 3 unspecified atom stereocenters. The van der Waals surface area contributed by atoms with Gasteiger partial charge >= 0.3 is 5.97 Å². The molecule has 0 N–H and O–H groups in total. The predicted molar refractivity (Wildman–Crippen MR) is 74.3 cm³/mol. The van der Waals surface area contributed by atoms with Crippen molar-refractivity contribution in [3.63, 3.8) is 0 Å². The van der Waals surface area contributed by atoms with Gasteiger partial charge in [0.05, 0.1) is 18.3 Å². The Labute approximate surface area is 120 Å². The van der Waals surface area contributed by atoms with E-state index in [0.717, 1.165) is 44.9 Å². The van der Waals surface area contributed by atoms with Gasteiger partial charge in [-0.05, 0) is 44.9 Å². The van der Waals surface area contributed by atoms with Crippen LogP contribution in [-0.4, -0.2) is 37.0 Å². The second-order valence-corrected chi connectivity index (χ2v) is 6.46. The molecule has 3 fully saturated rings. The summed E-state index contributed by atoms with van der Waals surface area (Å²) in [6.45, 7) is 4.13. The highest BCUT2D eigenvalue weighted by atomic mass is 16.6. The molecule has 2 saturated heterocycles. The molecule has 112 valence electrons. The monoisotopic (exact) mass is 280 g/mol. The van der Waals surface area contributed by atoms with Crippen molar-refractivity contribution in [2.24, 2.45) is 5.92 Å². The van der Waals surface area contributed by atoms with E-state index in [1.165, 1.54) is 6.08 Å². The van der Waals surface area contributed by atoms with Crippen molar-refractivity contribution in [2.45, 2.75) is 62.3 Å². The van der Waals surface area contributed by atoms with Crippen molar-refractivity contribution >= 4 is 5.97 Å². The summed E-state index contributed by atoms with van der Waals surface area (Å²) in [5, 5.41) is 0. The second kappa shape index (κ2) is 5.15. The van der Waals surface area contributed by atoms with Crippen LogP contribution in [0.15, 0.2) is 12.7 Å². The van der Waals surface area contributed by atoms with E-state index in [1.54, 1.807) is 7.11 Å². The molecule has 3 atom stereocenters. The smallest absolute Gasteiger partial charge is 0.330 e. The van der Waals surface area contributed by atoms with E-state index in [4.69, 9.17) is 14.2 Å². The fourth-order valence-corrected chi connectivity index (χ4v) is 4.64. The lowest BCUT2D eigenvalue weighted by molar-refractivity contribution is -0.172. The standard InChI is InChI=1S/C16H24O4/c1-3-14(17)20-15(7-4-5-8-15)13-10-12-6-9-16(13,19-12)11-18-2/h3,12-13H,1,4-11H2,2H3. The Bertz CT molecular complexity index is 399. The summed E-state index contributed by atoms with van der Waals surface area (Å²) in [7, 11) is 1.72. The van der Waals surface area contributed by atoms with Gasteiger partial charge in [-0.15, -0.1) is 0 Å². The third-order valence-corrected chi connectivity index (χ3v) is 5.37. The zero-order valence-corrected chi connectivity index (χ0v) is 12.2. The number of hydrogen-bond donors (Lipinski definition) is 0. The molecular weight excluding hydrogens is 256 g/mol. The molecule has 3 rings (SSSR count). The number of rotatable bonds is 5. The summed E-state index contributed by atoms with van der Waals surface area (Å²) in [6, 6.07) is 0. The minimum Gasteiger partial charge on any atom is -0.456 e. The van der Waals surface area contributed by atoms with Crippen molar-refractivity contribution < 1.29 is 19.0 Å². The molecule has 2 bridgehead atoms. The van der Waals surface area contributed by atoms with Gasteiger partial charge in [0.1, 0.15) is 5.60 Å². The van der Waals surface area contributed by atoms with Gasteiger partial charge < -0.3 is 14.2 Å². The largest absolute Gasteiger partial charge is 0.456 e. The molecule has 4 heteroatoms. The van der Waals surface area contributed by atoms with Gasteiger partial charge in [-0.1, -0.05) is 6.58 Å². The SMILES string of the molecule is C=CC(=O)OC1(C2CC3CCC2(COC)O3)CCCC1. The molecule has 0 aromatic carbocycles. The molecule has 2 heterocycles. The lowest BCUT2D eigenvalue weighted by atomic mass is 9.68. The lowest BCUT2D eigenvalue weighted by Crippen LogP contribution is -2.52. The van der Waals surface area contributed by atoms with E-state index >= 15 is 0 Å². The van der Waals surface area contributed by atoms with Crippen LogP contribution in [-0.2, 0) is 19.0 Å². The molecule has 0 aromatic rings. The van der Waals surface area contributed by atoms with Crippen molar-refractivity contribution in [2.75, 3.05) is 13.7 Å². The maximum Gasteiger partial charge on any atom is 0.330 e. The third-order valence-electron chi connectivity index (χ3n) is 5.37.